The fraction of sp³-hybridized carbons (Fsp3) is 0.875. The zero-order valence-electron chi connectivity index (χ0n) is 7.25. The standard InChI is InChI=1S/C8H16N2OS/c11-8-9-4-3-6-10(8)5-1-2-7-12/h12H,1-7H2,(H,9,11). The molecule has 1 saturated heterocycles. The van der Waals surface area contributed by atoms with Gasteiger partial charge in [0.05, 0.1) is 0 Å². The molecule has 0 aromatic rings. The van der Waals surface area contributed by atoms with Crippen molar-refractivity contribution in [2.45, 2.75) is 19.3 Å². The van der Waals surface area contributed by atoms with Crippen molar-refractivity contribution < 1.29 is 4.79 Å². The van der Waals surface area contributed by atoms with Crippen molar-refractivity contribution in [3.05, 3.63) is 0 Å². The molecule has 0 unspecified atom stereocenters. The van der Waals surface area contributed by atoms with Gasteiger partial charge in [0.2, 0.25) is 0 Å². The SMILES string of the molecule is O=C1NCCCN1CCCCS. The van der Waals surface area contributed by atoms with Gasteiger partial charge < -0.3 is 10.2 Å². The Bertz CT molecular complexity index is 152. The van der Waals surface area contributed by atoms with Crippen molar-refractivity contribution >= 4 is 18.7 Å². The van der Waals surface area contributed by atoms with Crippen molar-refractivity contribution in [3.63, 3.8) is 0 Å². The zero-order valence-corrected chi connectivity index (χ0v) is 8.15. The Kier molecular flexibility index (Phi) is 4.29. The van der Waals surface area contributed by atoms with E-state index in [9.17, 15) is 4.79 Å². The number of urea groups is 1. The van der Waals surface area contributed by atoms with Gasteiger partial charge in [-0.2, -0.15) is 12.6 Å². The summed E-state index contributed by atoms with van der Waals surface area (Å²) >= 11 is 4.12. The number of rotatable bonds is 4. The first-order valence-corrected chi connectivity index (χ1v) is 5.11. The second-order valence-electron chi connectivity index (χ2n) is 3.00. The quantitative estimate of drug-likeness (QED) is 0.503. The van der Waals surface area contributed by atoms with Gasteiger partial charge in [0, 0.05) is 19.6 Å². The van der Waals surface area contributed by atoms with E-state index in [-0.39, 0.29) is 6.03 Å². The molecule has 0 atom stereocenters. The van der Waals surface area contributed by atoms with Gasteiger partial charge in [-0.1, -0.05) is 0 Å². The first-order chi connectivity index (χ1) is 5.84. The minimum Gasteiger partial charge on any atom is -0.338 e. The average Bonchev–Trinajstić information content (AvgIpc) is 2.09. The Balaban J connectivity index is 2.16. The van der Waals surface area contributed by atoms with Gasteiger partial charge in [-0.05, 0) is 25.0 Å². The number of hydrogen-bond donors (Lipinski definition) is 2. The zero-order chi connectivity index (χ0) is 8.81. The number of nitrogens with zero attached hydrogens (tertiary/aromatic N) is 1. The molecule has 1 rings (SSSR count). The lowest BCUT2D eigenvalue weighted by Crippen LogP contribution is -2.46. The normalized spacial score (nSPS) is 17.8. The van der Waals surface area contributed by atoms with E-state index in [1.807, 2.05) is 4.90 Å². The molecule has 0 aromatic heterocycles. The third kappa shape index (κ3) is 2.93. The molecule has 0 saturated carbocycles. The summed E-state index contributed by atoms with van der Waals surface area (Å²) in [5.41, 5.74) is 0. The molecule has 12 heavy (non-hydrogen) atoms. The predicted octanol–water partition coefficient (Wildman–Crippen LogP) is 1.11. The first kappa shape index (κ1) is 9.71. The second kappa shape index (κ2) is 5.30. The lowest BCUT2D eigenvalue weighted by molar-refractivity contribution is 0.185. The highest BCUT2D eigenvalue weighted by atomic mass is 32.1. The summed E-state index contributed by atoms with van der Waals surface area (Å²) in [6, 6.07) is 0.0976. The summed E-state index contributed by atoms with van der Waals surface area (Å²) in [5, 5.41) is 2.83. The maximum atomic E-state index is 11.2. The Labute approximate surface area is 78.9 Å². The van der Waals surface area contributed by atoms with Crippen LogP contribution in [0.3, 0.4) is 0 Å². The van der Waals surface area contributed by atoms with Gasteiger partial charge >= 0.3 is 6.03 Å². The molecular formula is C8H16N2OS. The third-order valence-corrected chi connectivity index (χ3v) is 2.32. The molecule has 3 nitrogen and oxygen atoms in total. The minimum atomic E-state index is 0.0976. The molecule has 0 radical (unpaired) electrons. The highest BCUT2D eigenvalue weighted by Gasteiger charge is 2.15. The molecule has 0 spiro atoms. The Morgan fingerprint density at radius 1 is 1.50 bits per heavy atom. The number of carbonyl (C=O) groups excluding carboxylic acids is 1. The van der Waals surface area contributed by atoms with E-state index in [0.717, 1.165) is 44.6 Å². The molecule has 1 N–H and O–H groups in total. The van der Waals surface area contributed by atoms with Gasteiger partial charge in [0.25, 0.3) is 0 Å². The van der Waals surface area contributed by atoms with Gasteiger partial charge in [-0.15, -0.1) is 0 Å². The molecule has 0 aliphatic carbocycles. The second-order valence-corrected chi connectivity index (χ2v) is 3.45. The average molecular weight is 188 g/mol. The smallest absolute Gasteiger partial charge is 0.317 e. The molecule has 4 heteroatoms. The largest absolute Gasteiger partial charge is 0.338 e. The number of hydrogen-bond acceptors (Lipinski definition) is 2. The van der Waals surface area contributed by atoms with Crippen LogP contribution in [-0.2, 0) is 0 Å². The Morgan fingerprint density at radius 3 is 3.00 bits per heavy atom. The number of unbranched alkanes of at least 4 members (excludes halogenated alkanes) is 1. The lowest BCUT2D eigenvalue weighted by Gasteiger charge is -2.27. The van der Waals surface area contributed by atoms with E-state index < -0.39 is 0 Å². The third-order valence-electron chi connectivity index (χ3n) is 2.00. The van der Waals surface area contributed by atoms with Crippen LogP contribution in [0.5, 0.6) is 0 Å². The minimum absolute atomic E-state index is 0.0976. The predicted molar refractivity (Wildman–Crippen MR) is 52.7 cm³/mol. The molecule has 0 aromatic carbocycles. The summed E-state index contributed by atoms with van der Waals surface area (Å²) in [6.07, 6.45) is 3.23. The van der Waals surface area contributed by atoms with E-state index in [2.05, 4.69) is 17.9 Å². The number of amides is 2. The lowest BCUT2D eigenvalue weighted by atomic mass is 10.2. The summed E-state index contributed by atoms with van der Waals surface area (Å²) in [5.74, 6) is 0.912. The van der Waals surface area contributed by atoms with Crippen LogP contribution in [0.1, 0.15) is 19.3 Å². The highest BCUT2D eigenvalue weighted by molar-refractivity contribution is 7.80. The van der Waals surface area contributed by atoms with Crippen LogP contribution in [-0.4, -0.2) is 36.3 Å². The van der Waals surface area contributed by atoms with Crippen molar-refractivity contribution in [3.8, 4) is 0 Å². The monoisotopic (exact) mass is 188 g/mol. The summed E-state index contributed by atoms with van der Waals surface area (Å²) in [6.45, 7) is 2.63. The van der Waals surface area contributed by atoms with Gasteiger partial charge in [-0.3, -0.25) is 0 Å². The molecule has 70 valence electrons. The number of thiol groups is 1. The first-order valence-electron chi connectivity index (χ1n) is 4.48. The van der Waals surface area contributed by atoms with Gasteiger partial charge in [-0.25, -0.2) is 4.79 Å². The fourth-order valence-electron chi connectivity index (χ4n) is 1.31. The van der Waals surface area contributed by atoms with Crippen LogP contribution >= 0.6 is 12.6 Å². The van der Waals surface area contributed by atoms with E-state index in [1.165, 1.54) is 0 Å². The van der Waals surface area contributed by atoms with E-state index in [1.54, 1.807) is 0 Å². The van der Waals surface area contributed by atoms with Gasteiger partial charge in [0.1, 0.15) is 0 Å². The van der Waals surface area contributed by atoms with Crippen LogP contribution in [0.15, 0.2) is 0 Å². The number of nitrogens with one attached hydrogen (secondary N) is 1. The highest BCUT2D eigenvalue weighted by Crippen LogP contribution is 2.02. The van der Waals surface area contributed by atoms with Crippen molar-refractivity contribution in [1.29, 1.82) is 0 Å². The summed E-state index contributed by atoms with van der Waals surface area (Å²) in [4.78, 5) is 13.1. The Hall–Kier alpha value is -0.380. The summed E-state index contributed by atoms with van der Waals surface area (Å²) < 4.78 is 0. The van der Waals surface area contributed by atoms with E-state index in [0.29, 0.717) is 0 Å². The van der Waals surface area contributed by atoms with E-state index >= 15 is 0 Å². The Morgan fingerprint density at radius 2 is 2.33 bits per heavy atom. The molecular weight excluding hydrogens is 172 g/mol. The van der Waals surface area contributed by atoms with Crippen LogP contribution in [0.25, 0.3) is 0 Å². The van der Waals surface area contributed by atoms with Crippen LogP contribution in [0.4, 0.5) is 4.79 Å². The van der Waals surface area contributed by atoms with Crippen LogP contribution in [0, 0.1) is 0 Å². The maximum absolute atomic E-state index is 11.2. The molecule has 0 bridgehead atoms. The molecule has 1 aliphatic rings. The van der Waals surface area contributed by atoms with Crippen LogP contribution < -0.4 is 5.32 Å². The summed E-state index contributed by atoms with van der Waals surface area (Å²) in [7, 11) is 0. The molecule has 2 amide bonds. The fourth-order valence-corrected chi connectivity index (χ4v) is 1.53. The molecule has 1 fully saturated rings. The molecule has 1 heterocycles. The van der Waals surface area contributed by atoms with Crippen LogP contribution in [0.2, 0.25) is 0 Å². The topological polar surface area (TPSA) is 32.3 Å². The van der Waals surface area contributed by atoms with E-state index in [4.69, 9.17) is 0 Å². The molecule has 1 aliphatic heterocycles. The maximum Gasteiger partial charge on any atom is 0.317 e. The number of carbonyl (C=O) groups is 1. The van der Waals surface area contributed by atoms with Crippen molar-refractivity contribution in [1.82, 2.24) is 10.2 Å². The van der Waals surface area contributed by atoms with Gasteiger partial charge in [0.15, 0.2) is 0 Å². The van der Waals surface area contributed by atoms with Crippen molar-refractivity contribution in [2.75, 3.05) is 25.4 Å². The van der Waals surface area contributed by atoms with Crippen molar-refractivity contribution in [2.24, 2.45) is 0 Å².